The second-order valence-corrected chi connectivity index (χ2v) is 6.72. The van der Waals surface area contributed by atoms with Crippen LogP contribution >= 0.6 is 0 Å². The summed E-state index contributed by atoms with van der Waals surface area (Å²) in [6.07, 6.45) is 6.43. The molecule has 0 radical (unpaired) electrons. The molecule has 0 fully saturated rings. The van der Waals surface area contributed by atoms with Gasteiger partial charge in [0.25, 0.3) is 0 Å². The second-order valence-electron chi connectivity index (χ2n) is 6.72. The molecule has 1 atom stereocenters. The zero-order valence-corrected chi connectivity index (χ0v) is 13.2. The van der Waals surface area contributed by atoms with Crippen LogP contribution in [0.15, 0.2) is 30.3 Å². The van der Waals surface area contributed by atoms with Gasteiger partial charge in [-0.15, -0.1) is 0 Å². The third-order valence-electron chi connectivity index (χ3n) is 3.56. The highest BCUT2D eigenvalue weighted by Gasteiger charge is 2.13. The number of nitrogens with one attached hydrogen (secondary N) is 1. The Balaban J connectivity index is 2.50. The molecule has 19 heavy (non-hydrogen) atoms. The third-order valence-corrected chi connectivity index (χ3v) is 3.56. The Morgan fingerprint density at radius 1 is 1.05 bits per heavy atom. The van der Waals surface area contributed by atoms with Gasteiger partial charge < -0.3 is 5.32 Å². The van der Waals surface area contributed by atoms with Gasteiger partial charge in [0, 0.05) is 6.04 Å². The summed E-state index contributed by atoms with van der Waals surface area (Å²) >= 11 is 0. The van der Waals surface area contributed by atoms with Crippen molar-refractivity contribution in [1.29, 1.82) is 0 Å². The molecular weight excluding hydrogens is 230 g/mol. The molecule has 0 aliphatic rings. The fraction of sp³-hybridized carbons (Fsp3) is 0.667. The molecule has 1 heteroatoms. The Morgan fingerprint density at radius 3 is 2.32 bits per heavy atom. The van der Waals surface area contributed by atoms with Crippen molar-refractivity contribution in [1.82, 2.24) is 5.32 Å². The maximum absolute atomic E-state index is 3.75. The van der Waals surface area contributed by atoms with E-state index in [1.54, 1.807) is 0 Å². The van der Waals surface area contributed by atoms with Gasteiger partial charge in [-0.05, 0) is 30.4 Å². The first kappa shape index (κ1) is 16.2. The van der Waals surface area contributed by atoms with Crippen molar-refractivity contribution >= 4 is 0 Å². The molecule has 1 nitrogen and oxygen atoms in total. The first-order valence-corrected chi connectivity index (χ1v) is 7.81. The quantitative estimate of drug-likeness (QED) is 0.623. The second kappa shape index (κ2) is 8.37. The van der Waals surface area contributed by atoms with E-state index in [1.807, 2.05) is 0 Å². The zero-order chi connectivity index (χ0) is 14.1. The number of hydrogen-bond donors (Lipinski definition) is 1. The van der Waals surface area contributed by atoms with Crippen LogP contribution in [0.2, 0.25) is 0 Å². The van der Waals surface area contributed by atoms with E-state index in [4.69, 9.17) is 0 Å². The normalized spacial score (nSPS) is 13.5. The molecule has 108 valence electrons. The summed E-state index contributed by atoms with van der Waals surface area (Å²) in [7, 11) is 0. The van der Waals surface area contributed by atoms with Gasteiger partial charge in [0.2, 0.25) is 0 Å². The summed E-state index contributed by atoms with van der Waals surface area (Å²) in [5.41, 5.74) is 1.85. The molecule has 0 aromatic heterocycles. The standard InChI is InChI=1S/C18H31N/c1-5-6-8-13-17(16-11-9-7-10-12-16)19-15-14-18(2,3)4/h7,9-12,17,19H,5-6,8,13-15H2,1-4H3. The molecule has 0 aliphatic carbocycles. The lowest BCUT2D eigenvalue weighted by molar-refractivity contribution is 0.348. The molecule has 0 saturated carbocycles. The molecule has 1 rings (SSSR count). The van der Waals surface area contributed by atoms with E-state index in [0.29, 0.717) is 11.5 Å². The largest absolute Gasteiger partial charge is 0.310 e. The Bertz CT molecular complexity index is 323. The van der Waals surface area contributed by atoms with Gasteiger partial charge in [0.1, 0.15) is 0 Å². The van der Waals surface area contributed by atoms with Crippen molar-refractivity contribution in [3.05, 3.63) is 35.9 Å². The molecule has 0 spiro atoms. The van der Waals surface area contributed by atoms with Crippen LogP contribution in [0, 0.1) is 5.41 Å². The molecule has 0 aliphatic heterocycles. The van der Waals surface area contributed by atoms with Crippen LogP contribution in [0.5, 0.6) is 0 Å². The van der Waals surface area contributed by atoms with Crippen LogP contribution in [0.4, 0.5) is 0 Å². The average molecular weight is 261 g/mol. The highest BCUT2D eigenvalue weighted by Crippen LogP contribution is 2.22. The molecule has 1 unspecified atom stereocenters. The number of rotatable bonds is 8. The van der Waals surface area contributed by atoms with Gasteiger partial charge in [0.15, 0.2) is 0 Å². The molecule has 0 saturated heterocycles. The van der Waals surface area contributed by atoms with E-state index in [2.05, 4.69) is 63.3 Å². The predicted octanol–water partition coefficient (Wildman–Crippen LogP) is 5.33. The van der Waals surface area contributed by atoms with Crippen LogP contribution in [0.25, 0.3) is 0 Å². The van der Waals surface area contributed by atoms with E-state index in [-0.39, 0.29) is 0 Å². The van der Waals surface area contributed by atoms with Gasteiger partial charge in [-0.25, -0.2) is 0 Å². The Kier molecular flexibility index (Phi) is 7.15. The highest BCUT2D eigenvalue weighted by molar-refractivity contribution is 5.18. The zero-order valence-electron chi connectivity index (χ0n) is 13.2. The van der Waals surface area contributed by atoms with Gasteiger partial charge in [-0.3, -0.25) is 0 Å². The van der Waals surface area contributed by atoms with Crippen molar-refractivity contribution in [2.24, 2.45) is 5.41 Å². The fourth-order valence-electron chi connectivity index (χ4n) is 2.29. The SMILES string of the molecule is CCCCCC(NCCC(C)(C)C)c1ccccc1. The number of unbranched alkanes of at least 4 members (excludes halogenated alkanes) is 2. The van der Waals surface area contributed by atoms with Crippen LogP contribution in [0.1, 0.15) is 71.4 Å². The van der Waals surface area contributed by atoms with Gasteiger partial charge in [-0.2, -0.15) is 0 Å². The summed E-state index contributed by atoms with van der Waals surface area (Å²) in [6.45, 7) is 10.3. The summed E-state index contributed by atoms with van der Waals surface area (Å²) in [5, 5.41) is 3.75. The van der Waals surface area contributed by atoms with Crippen molar-refractivity contribution in [3.63, 3.8) is 0 Å². The lowest BCUT2D eigenvalue weighted by Gasteiger charge is -2.23. The minimum absolute atomic E-state index is 0.414. The van der Waals surface area contributed by atoms with Crippen molar-refractivity contribution in [3.8, 4) is 0 Å². The molecule has 0 heterocycles. The molecule has 1 aromatic carbocycles. The molecule has 1 N–H and O–H groups in total. The lowest BCUT2D eigenvalue weighted by Crippen LogP contribution is -2.25. The fourth-order valence-corrected chi connectivity index (χ4v) is 2.29. The lowest BCUT2D eigenvalue weighted by atomic mass is 9.92. The van der Waals surface area contributed by atoms with E-state index in [0.717, 1.165) is 6.54 Å². The number of hydrogen-bond acceptors (Lipinski definition) is 1. The monoisotopic (exact) mass is 261 g/mol. The summed E-state index contributed by atoms with van der Waals surface area (Å²) in [5.74, 6) is 0. The highest BCUT2D eigenvalue weighted by atomic mass is 14.9. The summed E-state index contributed by atoms with van der Waals surface area (Å²) < 4.78 is 0. The van der Waals surface area contributed by atoms with Crippen LogP contribution in [-0.4, -0.2) is 6.54 Å². The van der Waals surface area contributed by atoms with Gasteiger partial charge in [0.05, 0.1) is 0 Å². The number of benzene rings is 1. The maximum atomic E-state index is 3.75. The predicted molar refractivity (Wildman–Crippen MR) is 85.4 cm³/mol. The van der Waals surface area contributed by atoms with Crippen molar-refractivity contribution < 1.29 is 0 Å². The van der Waals surface area contributed by atoms with Crippen LogP contribution in [0.3, 0.4) is 0 Å². The molecule has 0 bridgehead atoms. The smallest absolute Gasteiger partial charge is 0.0320 e. The molecule has 0 amide bonds. The minimum atomic E-state index is 0.414. The maximum Gasteiger partial charge on any atom is 0.0320 e. The van der Waals surface area contributed by atoms with Crippen LogP contribution in [-0.2, 0) is 0 Å². The van der Waals surface area contributed by atoms with Crippen molar-refractivity contribution in [2.45, 2.75) is 65.8 Å². The topological polar surface area (TPSA) is 12.0 Å². The minimum Gasteiger partial charge on any atom is -0.310 e. The summed E-state index contributed by atoms with van der Waals surface area (Å²) in [4.78, 5) is 0. The van der Waals surface area contributed by atoms with Gasteiger partial charge >= 0.3 is 0 Å². The first-order valence-electron chi connectivity index (χ1n) is 7.81. The third kappa shape index (κ3) is 7.37. The average Bonchev–Trinajstić information content (AvgIpc) is 2.37. The molecule has 1 aromatic rings. The Hall–Kier alpha value is -0.820. The van der Waals surface area contributed by atoms with E-state index in [1.165, 1.54) is 37.7 Å². The van der Waals surface area contributed by atoms with E-state index < -0.39 is 0 Å². The van der Waals surface area contributed by atoms with Crippen molar-refractivity contribution in [2.75, 3.05) is 6.54 Å². The van der Waals surface area contributed by atoms with Crippen LogP contribution < -0.4 is 5.32 Å². The molecular formula is C18H31N. The van der Waals surface area contributed by atoms with E-state index >= 15 is 0 Å². The van der Waals surface area contributed by atoms with Gasteiger partial charge in [-0.1, -0.05) is 77.3 Å². The Morgan fingerprint density at radius 2 is 1.74 bits per heavy atom. The first-order chi connectivity index (χ1) is 9.03. The van der Waals surface area contributed by atoms with E-state index in [9.17, 15) is 0 Å². The summed E-state index contributed by atoms with van der Waals surface area (Å²) in [6, 6.07) is 11.4. The Labute approximate surface area is 119 Å².